The molecule has 110 valence electrons. The minimum Gasteiger partial charge on any atom is -0.496 e. The van der Waals surface area contributed by atoms with Crippen LogP contribution in [0, 0.1) is 0 Å². The zero-order valence-electron chi connectivity index (χ0n) is 12.4. The Bertz CT molecular complexity index is 449. The molecule has 1 aromatic carbocycles. The normalized spacial score (nSPS) is 15.4. The summed E-state index contributed by atoms with van der Waals surface area (Å²) in [5.41, 5.74) is 0.999. The average Bonchev–Trinajstić information content (AvgIpc) is 3.01. The Morgan fingerprint density at radius 3 is 2.45 bits per heavy atom. The van der Waals surface area contributed by atoms with Crippen LogP contribution < -0.4 is 14.8 Å². The molecule has 4 heteroatoms. The van der Waals surface area contributed by atoms with Gasteiger partial charge in [0, 0.05) is 6.42 Å². The quantitative estimate of drug-likeness (QED) is 0.831. The van der Waals surface area contributed by atoms with E-state index in [0.717, 1.165) is 48.8 Å². The molecule has 0 fully saturated rings. The second kappa shape index (κ2) is 7.20. The van der Waals surface area contributed by atoms with Gasteiger partial charge in [-0.05, 0) is 31.2 Å². The minimum atomic E-state index is -0.0245. The fraction of sp³-hybridized carbons (Fsp3) is 0.500. The van der Waals surface area contributed by atoms with E-state index in [2.05, 4.69) is 18.3 Å². The lowest BCUT2D eigenvalue weighted by Gasteiger charge is -2.24. The van der Waals surface area contributed by atoms with Crippen molar-refractivity contribution in [1.82, 2.24) is 5.32 Å². The molecule has 0 radical (unpaired) electrons. The van der Waals surface area contributed by atoms with E-state index in [1.54, 1.807) is 14.2 Å². The van der Waals surface area contributed by atoms with E-state index in [1.165, 1.54) is 0 Å². The van der Waals surface area contributed by atoms with Crippen molar-refractivity contribution < 1.29 is 14.2 Å². The molecule has 0 aromatic heterocycles. The van der Waals surface area contributed by atoms with Crippen LogP contribution in [0.4, 0.5) is 0 Å². The second-order valence-electron chi connectivity index (χ2n) is 4.71. The Labute approximate surface area is 120 Å². The van der Waals surface area contributed by atoms with Crippen molar-refractivity contribution in [2.24, 2.45) is 0 Å². The first-order valence-electron chi connectivity index (χ1n) is 7.09. The van der Waals surface area contributed by atoms with Crippen molar-refractivity contribution in [2.75, 3.05) is 27.4 Å². The molecule has 0 amide bonds. The van der Waals surface area contributed by atoms with Crippen LogP contribution >= 0.6 is 0 Å². The number of benzene rings is 1. The van der Waals surface area contributed by atoms with Gasteiger partial charge in [0.2, 0.25) is 0 Å². The molecule has 0 aliphatic carbocycles. The topological polar surface area (TPSA) is 39.7 Å². The number of methoxy groups -OCH3 is 2. The number of rotatable bonds is 7. The summed E-state index contributed by atoms with van der Waals surface area (Å²) < 4.78 is 16.8. The molecular weight excluding hydrogens is 254 g/mol. The molecule has 1 aliphatic rings. The molecule has 0 saturated carbocycles. The third kappa shape index (κ3) is 3.07. The van der Waals surface area contributed by atoms with Gasteiger partial charge in [0.25, 0.3) is 0 Å². The zero-order valence-corrected chi connectivity index (χ0v) is 12.4. The second-order valence-corrected chi connectivity index (χ2v) is 4.71. The maximum atomic E-state index is 5.75. The van der Waals surface area contributed by atoms with E-state index in [-0.39, 0.29) is 6.04 Å². The molecule has 2 rings (SSSR count). The van der Waals surface area contributed by atoms with Crippen LogP contribution in [0.25, 0.3) is 0 Å². The van der Waals surface area contributed by atoms with E-state index < -0.39 is 0 Å². The summed E-state index contributed by atoms with van der Waals surface area (Å²) in [5, 5.41) is 3.52. The van der Waals surface area contributed by atoms with E-state index >= 15 is 0 Å². The first kappa shape index (κ1) is 14.7. The Hall–Kier alpha value is -1.68. The van der Waals surface area contributed by atoms with Gasteiger partial charge in [-0.2, -0.15) is 0 Å². The number of nitrogens with one attached hydrogen (secondary N) is 1. The number of hydrogen-bond donors (Lipinski definition) is 1. The molecule has 1 N–H and O–H groups in total. The van der Waals surface area contributed by atoms with Gasteiger partial charge >= 0.3 is 0 Å². The van der Waals surface area contributed by atoms with Gasteiger partial charge in [0.1, 0.15) is 17.3 Å². The molecule has 1 aromatic rings. The van der Waals surface area contributed by atoms with Crippen LogP contribution in [-0.4, -0.2) is 27.4 Å². The Kier molecular flexibility index (Phi) is 5.30. The maximum absolute atomic E-state index is 5.75. The Morgan fingerprint density at radius 2 is 1.95 bits per heavy atom. The van der Waals surface area contributed by atoms with Crippen molar-refractivity contribution in [3.8, 4) is 11.5 Å². The molecule has 20 heavy (non-hydrogen) atoms. The van der Waals surface area contributed by atoms with E-state index in [4.69, 9.17) is 14.2 Å². The van der Waals surface area contributed by atoms with Gasteiger partial charge in [-0.3, -0.25) is 0 Å². The lowest BCUT2D eigenvalue weighted by molar-refractivity contribution is 0.212. The van der Waals surface area contributed by atoms with Crippen molar-refractivity contribution in [3.05, 3.63) is 35.6 Å². The molecular formula is C16H23NO3. The summed E-state index contributed by atoms with van der Waals surface area (Å²) in [4.78, 5) is 0. The summed E-state index contributed by atoms with van der Waals surface area (Å²) in [5.74, 6) is 2.59. The number of hydrogen-bond acceptors (Lipinski definition) is 4. The molecule has 0 saturated heterocycles. The lowest BCUT2D eigenvalue weighted by atomic mass is 10.0. The first-order valence-corrected chi connectivity index (χ1v) is 7.09. The van der Waals surface area contributed by atoms with Crippen LogP contribution in [0.3, 0.4) is 0 Å². The van der Waals surface area contributed by atoms with Crippen LogP contribution in [0.5, 0.6) is 11.5 Å². The number of ether oxygens (including phenoxy) is 3. The fourth-order valence-electron chi connectivity index (χ4n) is 2.44. The van der Waals surface area contributed by atoms with E-state index in [1.807, 2.05) is 18.2 Å². The van der Waals surface area contributed by atoms with Crippen LogP contribution in [-0.2, 0) is 4.74 Å². The van der Waals surface area contributed by atoms with Crippen molar-refractivity contribution in [3.63, 3.8) is 0 Å². The standard InChI is InChI=1S/C16H23NO3/c1-4-10-17-16(14-9-6-11-20-14)15-12(18-2)7-5-8-13(15)19-3/h5,7-9,16-17H,4,6,10-11H2,1-3H3. The van der Waals surface area contributed by atoms with E-state index in [0.29, 0.717) is 0 Å². The molecule has 0 spiro atoms. The monoisotopic (exact) mass is 277 g/mol. The highest BCUT2D eigenvalue weighted by Crippen LogP contribution is 2.38. The van der Waals surface area contributed by atoms with Crippen LogP contribution in [0.15, 0.2) is 30.0 Å². The molecule has 4 nitrogen and oxygen atoms in total. The van der Waals surface area contributed by atoms with Crippen molar-refractivity contribution in [2.45, 2.75) is 25.8 Å². The third-order valence-corrected chi connectivity index (χ3v) is 3.37. The van der Waals surface area contributed by atoms with Crippen LogP contribution in [0.1, 0.15) is 31.4 Å². The van der Waals surface area contributed by atoms with Gasteiger partial charge in [0.15, 0.2) is 0 Å². The van der Waals surface area contributed by atoms with Gasteiger partial charge in [-0.1, -0.05) is 13.0 Å². The summed E-state index contributed by atoms with van der Waals surface area (Å²) >= 11 is 0. The summed E-state index contributed by atoms with van der Waals surface area (Å²) in [6.45, 7) is 3.80. The van der Waals surface area contributed by atoms with Crippen molar-refractivity contribution >= 4 is 0 Å². The van der Waals surface area contributed by atoms with Gasteiger partial charge in [0.05, 0.1) is 32.4 Å². The highest BCUT2D eigenvalue weighted by atomic mass is 16.5. The summed E-state index contributed by atoms with van der Waals surface area (Å²) in [7, 11) is 3.36. The molecule has 0 bridgehead atoms. The zero-order chi connectivity index (χ0) is 14.4. The molecule has 1 unspecified atom stereocenters. The maximum Gasteiger partial charge on any atom is 0.127 e. The highest BCUT2D eigenvalue weighted by Gasteiger charge is 2.26. The average molecular weight is 277 g/mol. The van der Waals surface area contributed by atoms with Crippen molar-refractivity contribution in [1.29, 1.82) is 0 Å². The molecule has 1 heterocycles. The third-order valence-electron chi connectivity index (χ3n) is 3.37. The van der Waals surface area contributed by atoms with Gasteiger partial charge < -0.3 is 19.5 Å². The fourth-order valence-corrected chi connectivity index (χ4v) is 2.44. The van der Waals surface area contributed by atoms with Gasteiger partial charge in [-0.15, -0.1) is 0 Å². The minimum absolute atomic E-state index is 0.0245. The predicted molar refractivity (Wildman–Crippen MR) is 79.2 cm³/mol. The highest BCUT2D eigenvalue weighted by molar-refractivity contribution is 5.49. The molecule has 1 atom stereocenters. The van der Waals surface area contributed by atoms with Gasteiger partial charge in [-0.25, -0.2) is 0 Å². The van der Waals surface area contributed by atoms with Crippen LogP contribution in [0.2, 0.25) is 0 Å². The Morgan fingerprint density at radius 1 is 1.25 bits per heavy atom. The largest absolute Gasteiger partial charge is 0.496 e. The van der Waals surface area contributed by atoms with E-state index in [9.17, 15) is 0 Å². The predicted octanol–water partition coefficient (Wildman–Crippen LogP) is 3.05. The Balaban J connectivity index is 2.41. The first-order chi connectivity index (χ1) is 9.81. The summed E-state index contributed by atoms with van der Waals surface area (Å²) in [6, 6.07) is 5.81. The SMILES string of the molecule is CCCNC(C1=CCCO1)c1c(OC)cccc1OC. The summed E-state index contributed by atoms with van der Waals surface area (Å²) in [6.07, 6.45) is 4.15. The lowest BCUT2D eigenvalue weighted by Crippen LogP contribution is -2.25. The smallest absolute Gasteiger partial charge is 0.127 e. The molecule has 1 aliphatic heterocycles.